The van der Waals surface area contributed by atoms with E-state index in [1.54, 1.807) is 12.3 Å². The maximum absolute atomic E-state index is 12.4. The highest BCUT2D eigenvalue weighted by atomic mass is 32.2. The van der Waals surface area contributed by atoms with Crippen molar-refractivity contribution in [1.29, 1.82) is 0 Å². The van der Waals surface area contributed by atoms with Crippen molar-refractivity contribution in [3.8, 4) is 0 Å². The van der Waals surface area contributed by atoms with Crippen LogP contribution in [0, 0.1) is 11.8 Å². The Kier molecular flexibility index (Phi) is 6.43. The third kappa shape index (κ3) is 4.83. The number of nitrogens with zero attached hydrogens (tertiary/aromatic N) is 1. The maximum atomic E-state index is 12.4. The van der Waals surface area contributed by atoms with Gasteiger partial charge in [-0.1, -0.05) is 20.8 Å². The van der Waals surface area contributed by atoms with Gasteiger partial charge in [-0.2, -0.15) is 0 Å². The van der Waals surface area contributed by atoms with Gasteiger partial charge in [0.25, 0.3) is 0 Å². The average Bonchev–Trinajstić information content (AvgIpc) is 2.81. The Balaban J connectivity index is 2.95. The molecule has 2 N–H and O–H groups in total. The van der Waals surface area contributed by atoms with Gasteiger partial charge in [-0.25, -0.2) is 13.1 Å². The summed E-state index contributed by atoms with van der Waals surface area (Å²) in [7, 11) is -1.59. The highest BCUT2D eigenvalue weighted by Gasteiger charge is 2.20. The molecule has 0 fully saturated rings. The lowest BCUT2D eigenvalue weighted by Gasteiger charge is -2.15. The normalized spacial score (nSPS) is 14.1. The van der Waals surface area contributed by atoms with E-state index in [1.165, 1.54) is 0 Å². The SMILES string of the molecule is CNCc1cc(S(=O)(=O)NCC(C)C(C)C)cn1C(C)C. The predicted molar refractivity (Wildman–Crippen MR) is 86.8 cm³/mol. The lowest BCUT2D eigenvalue weighted by Crippen LogP contribution is -2.30. The fourth-order valence-electron chi connectivity index (χ4n) is 2.01. The van der Waals surface area contributed by atoms with Crippen molar-refractivity contribution in [3.63, 3.8) is 0 Å². The molecule has 1 heterocycles. The second kappa shape index (κ2) is 7.42. The van der Waals surface area contributed by atoms with E-state index in [0.717, 1.165) is 5.69 Å². The summed E-state index contributed by atoms with van der Waals surface area (Å²) in [6.07, 6.45) is 1.72. The van der Waals surface area contributed by atoms with E-state index < -0.39 is 10.0 Å². The zero-order valence-electron chi connectivity index (χ0n) is 14.0. The molecular weight excluding hydrogens is 286 g/mol. The topological polar surface area (TPSA) is 63.1 Å². The molecule has 1 atom stereocenters. The van der Waals surface area contributed by atoms with Gasteiger partial charge in [0, 0.05) is 31.0 Å². The molecule has 0 radical (unpaired) electrons. The summed E-state index contributed by atoms with van der Waals surface area (Å²) in [5.74, 6) is 0.761. The second-order valence-electron chi connectivity index (χ2n) is 6.27. The van der Waals surface area contributed by atoms with Gasteiger partial charge in [0.1, 0.15) is 0 Å². The molecule has 0 aliphatic heterocycles. The average molecular weight is 315 g/mol. The Morgan fingerprint density at radius 2 is 1.81 bits per heavy atom. The molecule has 5 nitrogen and oxygen atoms in total. The van der Waals surface area contributed by atoms with Crippen molar-refractivity contribution in [2.24, 2.45) is 11.8 Å². The van der Waals surface area contributed by atoms with E-state index in [1.807, 2.05) is 25.5 Å². The molecule has 1 aromatic heterocycles. The van der Waals surface area contributed by atoms with Crippen LogP contribution in [0.15, 0.2) is 17.2 Å². The fourth-order valence-corrected chi connectivity index (χ4v) is 3.20. The number of rotatable bonds is 8. The minimum atomic E-state index is -3.44. The van der Waals surface area contributed by atoms with Crippen LogP contribution in [0.1, 0.15) is 46.4 Å². The first-order valence-corrected chi connectivity index (χ1v) is 9.02. The number of aromatic nitrogens is 1. The van der Waals surface area contributed by atoms with Crippen molar-refractivity contribution in [3.05, 3.63) is 18.0 Å². The summed E-state index contributed by atoms with van der Waals surface area (Å²) < 4.78 is 29.5. The van der Waals surface area contributed by atoms with E-state index in [-0.39, 0.29) is 6.04 Å². The van der Waals surface area contributed by atoms with E-state index in [9.17, 15) is 8.42 Å². The Bertz CT molecular complexity index is 547. The van der Waals surface area contributed by atoms with Gasteiger partial charge in [-0.3, -0.25) is 0 Å². The standard InChI is InChI=1S/C15H29N3O2S/c1-11(2)13(5)8-17-21(19,20)15-7-14(9-16-6)18(10-15)12(3)4/h7,10-13,16-17H,8-9H2,1-6H3. The lowest BCUT2D eigenvalue weighted by atomic mass is 9.99. The first kappa shape index (κ1) is 18.2. The van der Waals surface area contributed by atoms with Crippen molar-refractivity contribution >= 4 is 10.0 Å². The fraction of sp³-hybridized carbons (Fsp3) is 0.733. The first-order chi connectivity index (χ1) is 9.69. The Hall–Kier alpha value is -0.850. The van der Waals surface area contributed by atoms with Gasteiger partial charge in [0.15, 0.2) is 0 Å². The molecule has 0 saturated heterocycles. The van der Waals surface area contributed by atoms with Crippen LogP contribution >= 0.6 is 0 Å². The zero-order chi connectivity index (χ0) is 16.2. The smallest absolute Gasteiger partial charge is 0.242 e. The van der Waals surface area contributed by atoms with Gasteiger partial charge in [-0.05, 0) is 38.8 Å². The maximum Gasteiger partial charge on any atom is 0.242 e. The van der Waals surface area contributed by atoms with Crippen LogP contribution in [0.4, 0.5) is 0 Å². The van der Waals surface area contributed by atoms with Crippen LogP contribution in [0.5, 0.6) is 0 Å². The zero-order valence-corrected chi connectivity index (χ0v) is 14.8. The van der Waals surface area contributed by atoms with Crippen LogP contribution in [0.25, 0.3) is 0 Å². The summed E-state index contributed by atoms with van der Waals surface area (Å²) in [5, 5.41) is 3.07. The third-order valence-electron chi connectivity index (χ3n) is 3.86. The van der Waals surface area contributed by atoms with Gasteiger partial charge < -0.3 is 9.88 Å². The largest absolute Gasteiger partial charge is 0.346 e. The molecule has 0 saturated carbocycles. The number of hydrogen-bond acceptors (Lipinski definition) is 3. The summed E-state index contributed by atoms with van der Waals surface area (Å²) in [4.78, 5) is 0.345. The Morgan fingerprint density at radius 1 is 1.19 bits per heavy atom. The number of nitrogens with one attached hydrogen (secondary N) is 2. The van der Waals surface area contributed by atoms with Crippen LogP contribution in [-0.2, 0) is 16.6 Å². The quantitative estimate of drug-likeness (QED) is 0.774. The predicted octanol–water partition coefficient (Wildman–Crippen LogP) is 2.36. The molecule has 1 rings (SSSR count). The van der Waals surface area contributed by atoms with Crippen molar-refractivity contribution in [2.45, 2.75) is 52.1 Å². The number of sulfonamides is 1. The molecule has 0 aliphatic carbocycles. The molecule has 1 unspecified atom stereocenters. The van der Waals surface area contributed by atoms with Crippen LogP contribution in [0.3, 0.4) is 0 Å². The molecule has 122 valence electrons. The van der Waals surface area contributed by atoms with Crippen molar-refractivity contribution < 1.29 is 8.42 Å². The summed E-state index contributed by atoms with van der Waals surface area (Å²) in [6, 6.07) is 1.98. The Labute approximate surface area is 129 Å². The third-order valence-corrected chi connectivity index (χ3v) is 5.26. The van der Waals surface area contributed by atoms with E-state index in [4.69, 9.17) is 0 Å². The highest BCUT2D eigenvalue weighted by molar-refractivity contribution is 7.89. The molecule has 6 heteroatoms. The van der Waals surface area contributed by atoms with Gasteiger partial charge >= 0.3 is 0 Å². The molecule has 0 aromatic carbocycles. The summed E-state index contributed by atoms with van der Waals surface area (Å²) in [6.45, 7) is 11.5. The first-order valence-electron chi connectivity index (χ1n) is 7.54. The lowest BCUT2D eigenvalue weighted by molar-refractivity contribution is 0.414. The number of hydrogen-bond donors (Lipinski definition) is 2. The van der Waals surface area contributed by atoms with Crippen molar-refractivity contribution in [2.75, 3.05) is 13.6 Å². The molecule has 21 heavy (non-hydrogen) atoms. The highest BCUT2D eigenvalue weighted by Crippen LogP contribution is 2.19. The van der Waals surface area contributed by atoms with E-state index in [0.29, 0.717) is 29.8 Å². The van der Waals surface area contributed by atoms with Gasteiger partial charge in [-0.15, -0.1) is 0 Å². The minimum absolute atomic E-state index is 0.229. The van der Waals surface area contributed by atoms with Crippen LogP contribution in [0.2, 0.25) is 0 Å². The Morgan fingerprint density at radius 3 is 2.29 bits per heavy atom. The molecule has 0 spiro atoms. The molecular formula is C15H29N3O2S. The van der Waals surface area contributed by atoms with Crippen molar-refractivity contribution in [1.82, 2.24) is 14.6 Å². The van der Waals surface area contributed by atoms with E-state index >= 15 is 0 Å². The molecule has 0 amide bonds. The second-order valence-corrected chi connectivity index (χ2v) is 8.04. The molecule has 0 bridgehead atoms. The van der Waals surface area contributed by atoms with Crippen LogP contribution in [-0.4, -0.2) is 26.6 Å². The molecule has 0 aliphatic rings. The summed E-state index contributed by atoms with van der Waals surface area (Å²) >= 11 is 0. The minimum Gasteiger partial charge on any atom is -0.346 e. The van der Waals surface area contributed by atoms with Gasteiger partial charge in [0.2, 0.25) is 10.0 Å². The van der Waals surface area contributed by atoms with E-state index in [2.05, 4.69) is 30.8 Å². The monoisotopic (exact) mass is 315 g/mol. The van der Waals surface area contributed by atoms with Gasteiger partial charge in [0.05, 0.1) is 4.90 Å². The summed E-state index contributed by atoms with van der Waals surface area (Å²) in [5.41, 5.74) is 0.977. The molecule has 1 aromatic rings. The van der Waals surface area contributed by atoms with Crippen LogP contribution < -0.4 is 10.0 Å².